The molecule has 2 aromatic rings. The van der Waals surface area contributed by atoms with E-state index in [1.165, 1.54) is 0 Å². The van der Waals surface area contributed by atoms with Crippen molar-refractivity contribution >= 4 is 0 Å². The highest BCUT2D eigenvalue weighted by Crippen LogP contribution is 2.26. The lowest BCUT2D eigenvalue weighted by molar-refractivity contribution is -0.298. The van der Waals surface area contributed by atoms with Gasteiger partial charge in [0, 0.05) is 0 Å². The number of benzene rings is 2. The molecule has 0 saturated carbocycles. The Labute approximate surface area is 147 Å². The van der Waals surface area contributed by atoms with E-state index in [0.717, 1.165) is 11.1 Å². The number of ether oxygens (including phenoxy) is 3. The standard InChI is InChI=1S/C20H24O5/c1-14-18(23-12-15-8-4-2-5-9-15)17(21)19(20(22)25-14)24-13-16-10-6-3-7-11-16/h2-11,14,17-22H,12-13H2,1H3/t14-,17+,18-,19-,20-/m1/s1. The minimum absolute atomic E-state index is 0.281. The van der Waals surface area contributed by atoms with Crippen LogP contribution in [0.1, 0.15) is 18.1 Å². The molecule has 5 nitrogen and oxygen atoms in total. The molecule has 3 rings (SSSR count). The van der Waals surface area contributed by atoms with Gasteiger partial charge in [0.15, 0.2) is 6.29 Å². The van der Waals surface area contributed by atoms with Crippen LogP contribution in [0.2, 0.25) is 0 Å². The summed E-state index contributed by atoms with van der Waals surface area (Å²) in [6.45, 7) is 2.41. The quantitative estimate of drug-likeness (QED) is 0.841. The van der Waals surface area contributed by atoms with Crippen LogP contribution < -0.4 is 0 Å². The van der Waals surface area contributed by atoms with E-state index in [9.17, 15) is 10.2 Å². The van der Waals surface area contributed by atoms with Crippen LogP contribution in [0.5, 0.6) is 0 Å². The van der Waals surface area contributed by atoms with Gasteiger partial charge < -0.3 is 24.4 Å². The van der Waals surface area contributed by atoms with Crippen molar-refractivity contribution in [3.8, 4) is 0 Å². The van der Waals surface area contributed by atoms with E-state index in [0.29, 0.717) is 6.61 Å². The van der Waals surface area contributed by atoms with Gasteiger partial charge >= 0.3 is 0 Å². The molecule has 5 heteroatoms. The Hall–Kier alpha value is -1.76. The third-order valence-electron chi connectivity index (χ3n) is 4.34. The third kappa shape index (κ3) is 4.66. The Kier molecular flexibility index (Phi) is 6.18. The van der Waals surface area contributed by atoms with E-state index >= 15 is 0 Å². The van der Waals surface area contributed by atoms with Crippen LogP contribution in [0.15, 0.2) is 60.7 Å². The van der Waals surface area contributed by atoms with E-state index in [2.05, 4.69) is 0 Å². The second kappa shape index (κ2) is 8.56. The predicted molar refractivity (Wildman–Crippen MR) is 92.6 cm³/mol. The molecule has 0 radical (unpaired) electrons. The van der Waals surface area contributed by atoms with Crippen molar-refractivity contribution in [2.45, 2.75) is 50.8 Å². The summed E-state index contributed by atoms with van der Waals surface area (Å²) < 4.78 is 17.1. The molecule has 2 N–H and O–H groups in total. The number of hydrogen-bond acceptors (Lipinski definition) is 5. The second-order valence-electron chi connectivity index (χ2n) is 6.24. The van der Waals surface area contributed by atoms with Gasteiger partial charge in [-0.1, -0.05) is 60.7 Å². The summed E-state index contributed by atoms with van der Waals surface area (Å²) in [6.07, 6.45) is -4.05. The zero-order valence-corrected chi connectivity index (χ0v) is 14.2. The molecule has 2 aromatic carbocycles. The number of aliphatic hydroxyl groups is 2. The van der Waals surface area contributed by atoms with Crippen LogP contribution in [-0.4, -0.2) is 40.9 Å². The zero-order chi connectivity index (χ0) is 17.6. The van der Waals surface area contributed by atoms with Crippen LogP contribution in [-0.2, 0) is 27.4 Å². The topological polar surface area (TPSA) is 68.2 Å². The Balaban J connectivity index is 1.61. The highest BCUT2D eigenvalue weighted by molar-refractivity contribution is 5.14. The lowest BCUT2D eigenvalue weighted by Crippen LogP contribution is -2.58. The lowest BCUT2D eigenvalue weighted by atomic mass is 9.99. The molecule has 0 aliphatic carbocycles. The first kappa shape index (κ1) is 18.0. The molecule has 25 heavy (non-hydrogen) atoms. The summed E-state index contributed by atoms with van der Waals surface area (Å²) in [6, 6.07) is 19.3. The van der Waals surface area contributed by atoms with Gasteiger partial charge in [-0.2, -0.15) is 0 Å². The van der Waals surface area contributed by atoms with Gasteiger partial charge in [0.05, 0.1) is 19.3 Å². The predicted octanol–water partition coefficient (Wildman–Crippen LogP) is 2.26. The first-order chi connectivity index (χ1) is 12.1. The molecule has 1 saturated heterocycles. The number of aliphatic hydroxyl groups excluding tert-OH is 2. The summed E-state index contributed by atoms with van der Waals surface area (Å²) in [5.74, 6) is 0. The van der Waals surface area contributed by atoms with E-state index in [4.69, 9.17) is 14.2 Å². The number of hydrogen-bond donors (Lipinski definition) is 2. The fourth-order valence-electron chi connectivity index (χ4n) is 2.96. The molecule has 0 aromatic heterocycles. The Morgan fingerprint density at radius 2 is 1.28 bits per heavy atom. The van der Waals surface area contributed by atoms with Gasteiger partial charge in [-0.05, 0) is 18.1 Å². The summed E-state index contributed by atoms with van der Waals surface area (Å²) in [4.78, 5) is 0. The molecule has 134 valence electrons. The van der Waals surface area contributed by atoms with Gasteiger partial charge in [-0.25, -0.2) is 0 Å². The Bertz CT molecular complexity index is 578. The fourth-order valence-corrected chi connectivity index (χ4v) is 2.96. The van der Waals surface area contributed by atoms with Crippen molar-refractivity contribution in [3.63, 3.8) is 0 Å². The SMILES string of the molecule is C[C@H]1O[C@@H](O)[C@H](OCc2ccccc2)[C@@H](O)[C@@H]1OCc1ccccc1. The molecule has 1 heterocycles. The fraction of sp³-hybridized carbons (Fsp3) is 0.400. The maximum Gasteiger partial charge on any atom is 0.184 e. The van der Waals surface area contributed by atoms with Gasteiger partial charge in [0.1, 0.15) is 18.3 Å². The molecule has 1 aliphatic heterocycles. The van der Waals surface area contributed by atoms with E-state index < -0.39 is 30.7 Å². The van der Waals surface area contributed by atoms with Crippen molar-refractivity contribution < 1.29 is 24.4 Å². The van der Waals surface area contributed by atoms with Crippen molar-refractivity contribution in [2.75, 3.05) is 0 Å². The molecule has 1 fully saturated rings. The first-order valence-electron chi connectivity index (χ1n) is 8.48. The lowest BCUT2D eigenvalue weighted by Gasteiger charge is -2.41. The maximum absolute atomic E-state index is 10.6. The third-order valence-corrected chi connectivity index (χ3v) is 4.34. The van der Waals surface area contributed by atoms with Crippen LogP contribution in [0.25, 0.3) is 0 Å². The van der Waals surface area contributed by atoms with Gasteiger partial charge in [0.25, 0.3) is 0 Å². The molecule has 0 spiro atoms. The van der Waals surface area contributed by atoms with Crippen molar-refractivity contribution in [2.24, 2.45) is 0 Å². The molecule has 0 bridgehead atoms. The van der Waals surface area contributed by atoms with Crippen LogP contribution in [0.3, 0.4) is 0 Å². The maximum atomic E-state index is 10.6. The largest absolute Gasteiger partial charge is 0.387 e. The van der Waals surface area contributed by atoms with Crippen LogP contribution in [0.4, 0.5) is 0 Å². The monoisotopic (exact) mass is 344 g/mol. The summed E-state index contributed by atoms with van der Waals surface area (Å²) in [5.41, 5.74) is 1.97. The van der Waals surface area contributed by atoms with Gasteiger partial charge in [-0.15, -0.1) is 0 Å². The Morgan fingerprint density at radius 3 is 1.80 bits per heavy atom. The molecule has 5 atom stereocenters. The van der Waals surface area contributed by atoms with E-state index in [1.54, 1.807) is 6.92 Å². The minimum atomic E-state index is -1.19. The highest BCUT2D eigenvalue weighted by Gasteiger charge is 2.44. The smallest absolute Gasteiger partial charge is 0.184 e. The molecular weight excluding hydrogens is 320 g/mol. The normalized spacial score (nSPS) is 29.5. The summed E-state index contributed by atoms with van der Waals surface area (Å²) in [7, 11) is 0. The molecular formula is C20H24O5. The zero-order valence-electron chi connectivity index (χ0n) is 14.2. The highest BCUT2D eigenvalue weighted by atomic mass is 16.7. The van der Waals surface area contributed by atoms with Crippen LogP contribution in [0, 0.1) is 0 Å². The summed E-state index contributed by atoms with van der Waals surface area (Å²) >= 11 is 0. The minimum Gasteiger partial charge on any atom is -0.387 e. The Morgan fingerprint density at radius 1 is 0.800 bits per heavy atom. The summed E-state index contributed by atoms with van der Waals surface area (Å²) in [5, 5.41) is 20.8. The van der Waals surface area contributed by atoms with Crippen molar-refractivity contribution in [3.05, 3.63) is 71.8 Å². The second-order valence-corrected chi connectivity index (χ2v) is 6.24. The van der Waals surface area contributed by atoms with Crippen molar-refractivity contribution in [1.82, 2.24) is 0 Å². The van der Waals surface area contributed by atoms with Crippen LogP contribution >= 0.6 is 0 Å². The van der Waals surface area contributed by atoms with Gasteiger partial charge in [0.2, 0.25) is 0 Å². The van der Waals surface area contributed by atoms with E-state index in [1.807, 2.05) is 60.7 Å². The van der Waals surface area contributed by atoms with Crippen molar-refractivity contribution in [1.29, 1.82) is 0 Å². The molecule has 1 aliphatic rings. The van der Waals surface area contributed by atoms with E-state index in [-0.39, 0.29) is 6.61 Å². The number of rotatable bonds is 6. The van der Waals surface area contributed by atoms with Gasteiger partial charge in [-0.3, -0.25) is 0 Å². The average Bonchev–Trinajstić information content (AvgIpc) is 2.63. The first-order valence-corrected chi connectivity index (χ1v) is 8.48. The molecule has 0 unspecified atom stereocenters. The average molecular weight is 344 g/mol. The molecule has 0 amide bonds.